The van der Waals surface area contributed by atoms with Crippen molar-refractivity contribution in [3.05, 3.63) is 24.5 Å². The zero-order chi connectivity index (χ0) is 29.2. The Balaban J connectivity index is 1.38. The van der Waals surface area contributed by atoms with Crippen molar-refractivity contribution in [1.82, 2.24) is 24.4 Å². The molecule has 3 aliphatic heterocycles. The van der Waals surface area contributed by atoms with Crippen molar-refractivity contribution in [1.29, 1.82) is 0 Å². The SMILES string of the molecule is Bc1cc(-c2nc(N3CC4(O)CN(C(=O)OC(C)(C)C)CC4(O)C3)nc3c2ncn3C2CCCCO2)ccc1OC. The van der Waals surface area contributed by atoms with Crippen LogP contribution < -0.4 is 15.1 Å². The number of carbonyl (C=O) groups is 1. The number of fused-ring (bicyclic) bond motifs is 2. The van der Waals surface area contributed by atoms with Gasteiger partial charge >= 0.3 is 6.09 Å². The van der Waals surface area contributed by atoms with E-state index in [0.29, 0.717) is 29.4 Å². The zero-order valence-electron chi connectivity index (χ0n) is 24.3. The van der Waals surface area contributed by atoms with Crippen molar-refractivity contribution in [2.75, 3.05) is 44.8 Å². The van der Waals surface area contributed by atoms with Crippen LogP contribution in [0.1, 0.15) is 46.3 Å². The number of methoxy groups -OCH3 is 1. The van der Waals surface area contributed by atoms with E-state index >= 15 is 0 Å². The molecule has 6 rings (SSSR count). The van der Waals surface area contributed by atoms with E-state index in [2.05, 4.69) is 0 Å². The van der Waals surface area contributed by atoms with Gasteiger partial charge in [-0.15, -0.1) is 0 Å². The number of ether oxygens (including phenoxy) is 3. The van der Waals surface area contributed by atoms with Crippen LogP contribution in [0, 0.1) is 0 Å². The molecular formula is C28H37BN6O6. The van der Waals surface area contributed by atoms with Crippen molar-refractivity contribution >= 4 is 36.5 Å². The standard InChI is InChI=1S/C28H37BN6O6/c1-26(2,3)41-25(36)34-14-27(37)12-33(13-28(27,38)15-34)24-31-21(17-8-9-19(39-4)18(29)11-17)22-23(32-24)35(16-30-22)20-7-5-6-10-40-20/h8-9,11,16,20,37-38H,5-7,10,12-15,29H2,1-4H3. The quantitative estimate of drug-likeness (QED) is 0.442. The topological polar surface area (TPSA) is 135 Å². The van der Waals surface area contributed by atoms with Crippen LogP contribution in [0.3, 0.4) is 0 Å². The van der Waals surface area contributed by atoms with Crippen LogP contribution in [0.4, 0.5) is 10.7 Å². The third-order valence-electron chi connectivity index (χ3n) is 8.15. The molecule has 12 nitrogen and oxygen atoms in total. The summed E-state index contributed by atoms with van der Waals surface area (Å²) in [5, 5.41) is 23.2. The fraction of sp³-hybridized carbons (Fsp3) is 0.571. The van der Waals surface area contributed by atoms with Gasteiger partial charge in [0.15, 0.2) is 5.65 Å². The summed E-state index contributed by atoms with van der Waals surface area (Å²) in [6.07, 6.45) is 3.92. The molecule has 3 unspecified atom stereocenters. The monoisotopic (exact) mass is 564 g/mol. The summed E-state index contributed by atoms with van der Waals surface area (Å²) in [4.78, 5) is 30.4. The molecule has 2 aromatic heterocycles. The minimum absolute atomic E-state index is 0.0451. The summed E-state index contributed by atoms with van der Waals surface area (Å²) in [6.45, 7) is 5.99. The van der Waals surface area contributed by atoms with E-state index in [1.54, 1.807) is 39.1 Å². The second-order valence-corrected chi connectivity index (χ2v) is 12.5. The van der Waals surface area contributed by atoms with Crippen LogP contribution in [0.2, 0.25) is 0 Å². The molecule has 1 amide bonds. The fourth-order valence-electron chi connectivity index (χ4n) is 6.09. The molecule has 5 heterocycles. The smallest absolute Gasteiger partial charge is 0.410 e. The Hall–Kier alpha value is -3.42. The highest BCUT2D eigenvalue weighted by Gasteiger charge is 2.64. The first kappa shape index (κ1) is 27.7. The number of aromatic nitrogens is 4. The van der Waals surface area contributed by atoms with Gasteiger partial charge in [0.2, 0.25) is 5.95 Å². The molecule has 41 heavy (non-hydrogen) atoms. The molecule has 0 spiro atoms. The van der Waals surface area contributed by atoms with Gasteiger partial charge in [0, 0.05) is 12.2 Å². The lowest BCUT2D eigenvalue weighted by molar-refractivity contribution is -0.0797. The molecule has 13 heteroatoms. The number of imidazole rings is 1. The summed E-state index contributed by atoms with van der Waals surface area (Å²) in [6, 6.07) is 5.83. The molecule has 3 aliphatic rings. The van der Waals surface area contributed by atoms with Gasteiger partial charge in [-0.3, -0.25) is 4.57 Å². The molecule has 3 saturated heterocycles. The molecule has 1 aromatic carbocycles. The summed E-state index contributed by atoms with van der Waals surface area (Å²) in [5.74, 6) is 1.13. The number of β-amino-alcohol motifs (C(OH)–C–C–N with tert-alkyl or cyclic N) is 2. The first-order valence-corrected chi connectivity index (χ1v) is 14.1. The first-order valence-electron chi connectivity index (χ1n) is 14.1. The molecule has 0 bridgehead atoms. The van der Waals surface area contributed by atoms with Gasteiger partial charge in [0.05, 0.1) is 39.6 Å². The van der Waals surface area contributed by atoms with E-state index in [1.807, 2.05) is 30.6 Å². The van der Waals surface area contributed by atoms with Gasteiger partial charge in [0.1, 0.15) is 47.8 Å². The number of aliphatic hydroxyl groups is 2. The molecule has 2 N–H and O–H groups in total. The van der Waals surface area contributed by atoms with Crippen molar-refractivity contribution < 1.29 is 29.2 Å². The lowest BCUT2D eigenvalue weighted by Crippen LogP contribution is -2.52. The predicted molar refractivity (Wildman–Crippen MR) is 154 cm³/mol. The Labute approximate surface area is 239 Å². The molecule has 218 valence electrons. The zero-order valence-corrected chi connectivity index (χ0v) is 24.3. The summed E-state index contributed by atoms with van der Waals surface area (Å²) >= 11 is 0. The molecule has 0 radical (unpaired) electrons. The number of hydrogen-bond acceptors (Lipinski definition) is 10. The molecule has 0 aliphatic carbocycles. The van der Waals surface area contributed by atoms with Gasteiger partial charge in [-0.05, 0) is 57.6 Å². The number of rotatable bonds is 4. The van der Waals surface area contributed by atoms with E-state index in [0.717, 1.165) is 36.0 Å². The molecule has 3 atom stereocenters. The van der Waals surface area contributed by atoms with Crippen molar-refractivity contribution in [3.8, 4) is 17.0 Å². The second-order valence-electron chi connectivity index (χ2n) is 12.5. The largest absolute Gasteiger partial charge is 0.497 e. The Kier molecular flexibility index (Phi) is 6.66. The van der Waals surface area contributed by atoms with Crippen LogP contribution in [0.15, 0.2) is 24.5 Å². The fourth-order valence-corrected chi connectivity index (χ4v) is 6.09. The highest BCUT2D eigenvalue weighted by Crippen LogP contribution is 2.41. The minimum atomic E-state index is -1.58. The van der Waals surface area contributed by atoms with Crippen molar-refractivity contribution in [3.63, 3.8) is 0 Å². The highest BCUT2D eigenvalue weighted by atomic mass is 16.6. The van der Waals surface area contributed by atoms with E-state index < -0.39 is 22.9 Å². The van der Waals surface area contributed by atoms with E-state index in [9.17, 15) is 15.0 Å². The maximum absolute atomic E-state index is 12.7. The Morgan fingerprint density at radius 2 is 1.85 bits per heavy atom. The summed E-state index contributed by atoms with van der Waals surface area (Å²) in [5.41, 5.74) is -0.141. The maximum atomic E-state index is 12.7. The summed E-state index contributed by atoms with van der Waals surface area (Å²) in [7, 11) is 3.61. The van der Waals surface area contributed by atoms with Gasteiger partial charge in [-0.1, -0.05) is 6.07 Å². The lowest BCUT2D eigenvalue weighted by Gasteiger charge is -2.27. The van der Waals surface area contributed by atoms with Crippen molar-refractivity contribution in [2.24, 2.45) is 0 Å². The van der Waals surface area contributed by atoms with Gasteiger partial charge in [-0.25, -0.2) is 14.8 Å². The molecule has 0 saturated carbocycles. The van der Waals surface area contributed by atoms with Crippen LogP contribution in [-0.2, 0) is 9.47 Å². The number of likely N-dealkylation sites (tertiary alicyclic amines) is 1. The van der Waals surface area contributed by atoms with Crippen LogP contribution in [-0.4, -0.2) is 105 Å². The molecule has 3 fully saturated rings. The minimum Gasteiger partial charge on any atom is -0.497 e. The van der Waals surface area contributed by atoms with Gasteiger partial charge in [-0.2, -0.15) is 4.98 Å². The normalized spacial score (nSPS) is 26.4. The third kappa shape index (κ3) is 4.89. The predicted octanol–water partition coefficient (Wildman–Crippen LogP) is 0.992. The average Bonchev–Trinajstić information content (AvgIpc) is 3.53. The number of amides is 1. The second kappa shape index (κ2) is 9.85. The maximum Gasteiger partial charge on any atom is 0.410 e. The van der Waals surface area contributed by atoms with Crippen LogP contribution in [0.5, 0.6) is 5.75 Å². The lowest BCUT2D eigenvalue weighted by atomic mass is 9.90. The Morgan fingerprint density at radius 3 is 2.46 bits per heavy atom. The Bertz CT molecular complexity index is 1470. The molecule has 3 aromatic rings. The van der Waals surface area contributed by atoms with Crippen LogP contribution >= 0.6 is 0 Å². The van der Waals surface area contributed by atoms with Crippen LogP contribution in [0.25, 0.3) is 22.4 Å². The van der Waals surface area contributed by atoms with Gasteiger partial charge < -0.3 is 34.2 Å². The average molecular weight is 564 g/mol. The van der Waals surface area contributed by atoms with Crippen molar-refractivity contribution in [2.45, 2.75) is 63.1 Å². The number of nitrogens with zero attached hydrogens (tertiary/aromatic N) is 6. The Morgan fingerprint density at radius 1 is 1.12 bits per heavy atom. The van der Waals surface area contributed by atoms with E-state index in [1.165, 1.54) is 4.90 Å². The number of hydrogen-bond donors (Lipinski definition) is 2. The van der Waals surface area contributed by atoms with E-state index in [4.69, 9.17) is 29.2 Å². The third-order valence-corrected chi connectivity index (χ3v) is 8.15. The first-order chi connectivity index (χ1) is 19.4. The van der Waals surface area contributed by atoms with Gasteiger partial charge in [0.25, 0.3) is 0 Å². The number of anilines is 1. The summed E-state index contributed by atoms with van der Waals surface area (Å²) < 4.78 is 18.9. The highest BCUT2D eigenvalue weighted by molar-refractivity contribution is 6.34. The number of carbonyl (C=O) groups excluding carboxylic acids is 1. The number of benzene rings is 1. The molecular weight excluding hydrogens is 527 g/mol. The van der Waals surface area contributed by atoms with E-state index in [-0.39, 0.29) is 32.4 Å².